The molecule has 2 nitrogen and oxygen atoms in total. The summed E-state index contributed by atoms with van der Waals surface area (Å²) in [5, 5.41) is 0. The van der Waals surface area contributed by atoms with Gasteiger partial charge in [-0.25, -0.2) is 4.98 Å². The molecule has 2 rings (SSSR count). The van der Waals surface area contributed by atoms with Crippen molar-refractivity contribution >= 4 is 0 Å². The highest BCUT2D eigenvalue weighted by Crippen LogP contribution is 2.30. The fourth-order valence-corrected chi connectivity index (χ4v) is 2.22. The number of imidazole rings is 1. The van der Waals surface area contributed by atoms with Crippen LogP contribution in [-0.2, 0) is 6.42 Å². The summed E-state index contributed by atoms with van der Waals surface area (Å²) in [6.07, 6.45) is 8.76. The third-order valence-corrected chi connectivity index (χ3v) is 3.31. The van der Waals surface area contributed by atoms with E-state index in [1.807, 2.05) is 6.20 Å². The highest BCUT2D eigenvalue weighted by atomic mass is 14.9. The number of H-pyrrole nitrogens is 1. The van der Waals surface area contributed by atoms with E-state index in [1.54, 1.807) is 17.5 Å². The fourth-order valence-electron chi connectivity index (χ4n) is 2.22. The predicted molar refractivity (Wildman–Crippen MR) is 58.0 cm³/mol. The molecule has 1 aliphatic rings. The van der Waals surface area contributed by atoms with E-state index >= 15 is 0 Å². The van der Waals surface area contributed by atoms with Gasteiger partial charge in [-0.3, -0.25) is 0 Å². The Morgan fingerprint density at radius 3 is 2.93 bits per heavy atom. The number of hydrogen-bond acceptors (Lipinski definition) is 1. The predicted octanol–water partition coefficient (Wildman–Crippen LogP) is 3.09. The Hall–Kier alpha value is -1.05. The monoisotopic (exact) mass is 190 g/mol. The van der Waals surface area contributed by atoms with E-state index < -0.39 is 0 Å². The Labute approximate surface area is 85.4 Å². The van der Waals surface area contributed by atoms with Crippen LogP contribution in [-0.4, -0.2) is 9.97 Å². The summed E-state index contributed by atoms with van der Waals surface area (Å²) in [4.78, 5) is 7.24. The molecule has 0 saturated carbocycles. The van der Waals surface area contributed by atoms with Gasteiger partial charge in [-0.15, -0.1) is 0 Å². The van der Waals surface area contributed by atoms with Crippen molar-refractivity contribution in [2.45, 2.75) is 39.5 Å². The molecule has 1 heterocycles. The van der Waals surface area contributed by atoms with Gasteiger partial charge in [-0.2, -0.15) is 0 Å². The van der Waals surface area contributed by atoms with Gasteiger partial charge >= 0.3 is 0 Å². The van der Waals surface area contributed by atoms with Crippen LogP contribution in [0.2, 0.25) is 0 Å². The molecule has 1 aliphatic carbocycles. The SMILES string of the molecule is CC1=C(C)CC(Cc2cnc[nH]2)CC1. The molecule has 0 fully saturated rings. The van der Waals surface area contributed by atoms with Crippen molar-refractivity contribution in [3.05, 3.63) is 29.4 Å². The van der Waals surface area contributed by atoms with Crippen molar-refractivity contribution in [3.63, 3.8) is 0 Å². The van der Waals surface area contributed by atoms with Crippen LogP contribution in [0.3, 0.4) is 0 Å². The molecule has 14 heavy (non-hydrogen) atoms. The number of aromatic amines is 1. The second-order valence-electron chi connectivity index (χ2n) is 4.45. The normalized spacial score (nSPS) is 22.9. The molecule has 0 aliphatic heterocycles. The maximum atomic E-state index is 4.05. The number of nitrogens with zero attached hydrogens (tertiary/aromatic N) is 1. The molecular formula is C12H18N2. The lowest BCUT2D eigenvalue weighted by atomic mass is 9.83. The molecule has 1 unspecified atom stereocenters. The molecule has 0 spiro atoms. The zero-order chi connectivity index (χ0) is 9.97. The fraction of sp³-hybridized carbons (Fsp3) is 0.583. The third kappa shape index (κ3) is 2.06. The number of allylic oxidation sites excluding steroid dienone is 2. The van der Waals surface area contributed by atoms with Crippen LogP contribution < -0.4 is 0 Å². The van der Waals surface area contributed by atoms with Gasteiger partial charge in [0.05, 0.1) is 6.33 Å². The Morgan fingerprint density at radius 2 is 2.29 bits per heavy atom. The third-order valence-electron chi connectivity index (χ3n) is 3.31. The van der Waals surface area contributed by atoms with E-state index in [0.29, 0.717) is 0 Å². The lowest BCUT2D eigenvalue weighted by Crippen LogP contribution is -2.11. The molecular weight excluding hydrogens is 172 g/mol. The smallest absolute Gasteiger partial charge is 0.0921 e. The van der Waals surface area contributed by atoms with Crippen LogP contribution in [0.15, 0.2) is 23.7 Å². The van der Waals surface area contributed by atoms with Gasteiger partial charge in [-0.1, -0.05) is 11.1 Å². The molecule has 1 N–H and O–H groups in total. The molecule has 0 saturated heterocycles. The first-order valence-electron chi connectivity index (χ1n) is 5.38. The highest BCUT2D eigenvalue weighted by Gasteiger charge is 2.17. The molecule has 0 aromatic carbocycles. The second-order valence-corrected chi connectivity index (χ2v) is 4.45. The van der Waals surface area contributed by atoms with Gasteiger partial charge in [0.1, 0.15) is 0 Å². The molecule has 1 atom stereocenters. The molecule has 1 aromatic rings. The van der Waals surface area contributed by atoms with E-state index in [4.69, 9.17) is 0 Å². The quantitative estimate of drug-likeness (QED) is 0.713. The summed E-state index contributed by atoms with van der Waals surface area (Å²) in [5.74, 6) is 0.819. The number of aromatic nitrogens is 2. The minimum absolute atomic E-state index is 0.819. The van der Waals surface area contributed by atoms with Crippen molar-refractivity contribution in [2.24, 2.45) is 5.92 Å². The van der Waals surface area contributed by atoms with Crippen LogP contribution >= 0.6 is 0 Å². The first-order valence-corrected chi connectivity index (χ1v) is 5.38. The van der Waals surface area contributed by atoms with Gasteiger partial charge in [0.15, 0.2) is 0 Å². The minimum Gasteiger partial charge on any atom is -0.348 e. The summed E-state index contributed by atoms with van der Waals surface area (Å²) in [6.45, 7) is 4.54. The van der Waals surface area contributed by atoms with E-state index in [2.05, 4.69) is 23.8 Å². The van der Waals surface area contributed by atoms with Gasteiger partial charge in [0.25, 0.3) is 0 Å². The Bertz CT molecular complexity index is 322. The topological polar surface area (TPSA) is 28.7 Å². The second kappa shape index (κ2) is 3.99. The van der Waals surface area contributed by atoms with E-state index in [9.17, 15) is 0 Å². The average molecular weight is 190 g/mol. The zero-order valence-corrected chi connectivity index (χ0v) is 9.01. The zero-order valence-electron chi connectivity index (χ0n) is 9.01. The largest absolute Gasteiger partial charge is 0.348 e. The summed E-state index contributed by atoms with van der Waals surface area (Å²) in [6, 6.07) is 0. The maximum absolute atomic E-state index is 4.05. The van der Waals surface area contributed by atoms with Gasteiger partial charge in [0, 0.05) is 11.9 Å². The number of hydrogen-bond donors (Lipinski definition) is 1. The standard InChI is InChI=1S/C12H18N2/c1-9-3-4-11(5-10(9)2)6-12-7-13-8-14-12/h7-8,11H,3-6H2,1-2H3,(H,13,14). The lowest BCUT2D eigenvalue weighted by molar-refractivity contribution is 0.449. The maximum Gasteiger partial charge on any atom is 0.0921 e. The summed E-state index contributed by atoms with van der Waals surface area (Å²) in [7, 11) is 0. The number of nitrogens with one attached hydrogen (secondary N) is 1. The van der Waals surface area contributed by atoms with Crippen LogP contribution in [0, 0.1) is 5.92 Å². The van der Waals surface area contributed by atoms with Crippen LogP contribution in [0.25, 0.3) is 0 Å². The number of rotatable bonds is 2. The average Bonchev–Trinajstić information content (AvgIpc) is 2.64. The summed E-state index contributed by atoms with van der Waals surface area (Å²) in [5.41, 5.74) is 4.48. The molecule has 2 heteroatoms. The summed E-state index contributed by atoms with van der Waals surface area (Å²) >= 11 is 0. The minimum atomic E-state index is 0.819. The molecule has 0 radical (unpaired) electrons. The van der Waals surface area contributed by atoms with Crippen LogP contribution in [0.5, 0.6) is 0 Å². The van der Waals surface area contributed by atoms with Gasteiger partial charge in [-0.05, 0) is 45.4 Å². The Kier molecular flexibility index (Phi) is 2.71. The van der Waals surface area contributed by atoms with Crippen molar-refractivity contribution in [2.75, 3.05) is 0 Å². The summed E-state index contributed by atoms with van der Waals surface area (Å²) < 4.78 is 0. The van der Waals surface area contributed by atoms with E-state index in [-0.39, 0.29) is 0 Å². The highest BCUT2D eigenvalue weighted by molar-refractivity contribution is 5.14. The first kappa shape index (κ1) is 9.50. The van der Waals surface area contributed by atoms with Crippen molar-refractivity contribution < 1.29 is 0 Å². The lowest BCUT2D eigenvalue weighted by Gasteiger charge is -2.23. The van der Waals surface area contributed by atoms with Crippen LogP contribution in [0.4, 0.5) is 0 Å². The first-order chi connectivity index (χ1) is 6.75. The van der Waals surface area contributed by atoms with Crippen LogP contribution in [0.1, 0.15) is 38.8 Å². The Balaban J connectivity index is 1.96. The van der Waals surface area contributed by atoms with Crippen molar-refractivity contribution in [1.29, 1.82) is 0 Å². The molecule has 0 amide bonds. The van der Waals surface area contributed by atoms with E-state index in [0.717, 1.165) is 12.3 Å². The van der Waals surface area contributed by atoms with Crippen molar-refractivity contribution in [3.8, 4) is 0 Å². The molecule has 1 aromatic heterocycles. The van der Waals surface area contributed by atoms with Gasteiger partial charge < -0.3 is 4.98 Å². The molecule has 76 valence electrons. The Morgan fingerprint density at radius 1 is 1.43 bits per heavy atom. The van der Waals surface area contributed by atoms with E-state index in [1.165, 1.54) is 25.0 Å². The van der Waals surface area contributed by atoms with Gasteiger partial charge in [0.2, 0.25) is 0 Å². The molecule has 0 bridgehead atoms. The van der Waals surface area contributed by atoms with Crippen molar-refractivity contribution in [1.82, 2.24) is 9.97 Å².